The second-order valence-electron chi connectivity index (χ2n) is 5.49. The smallest absolute Gasteiger partial charge is 0.419 e. The zero-order valence-electron chi connectivity index (χ0n) is 13.2. The molecule has 0 unspecified atom stereocenters. The van der Waals surface area contributed by atoms with Gasteiger partial charge in [0, 0.05) is 12.0 Å². The number of halogens is 4. The predicted molar refractivity (Wildman–Crippen MR) is 83.7 cm³/mol. The van der Waals surface area contributed by atoms with Gasteiger partial charge in [-0.2, -0.15) is 13.2 Å². The molecule has 0 radical (unpaired) electrons. The van der Waals surface area contributed by atoms with Crippen LogP contribution < -0.4 is 11.1 Å². The summed E-state index contributed by atoms with van der Waals surface area (Å²) in [7, 11) is 0. The molecule has 0 bridgehead atoms. The van der Waals surface area contributed by atoms with Crippen molar-refractivity contribution in [2.45, 2.75) is 18.6 Å². The van der Waals surface area contributed by atoms with Gasteiger partial charge in [0.1, 0.15) is 17.6 Å². The van der Waals surface area contributed by atoms with Crippen molar-refractivity contribution >= 4 is 11.8 Å². The van der Waals surface area contributed by atoms with Crippen molar-refractivity contribution < 1.29 is 32.3 Å². The summed E-state index contributed by atoms with van der Waals surface area (Å²) in [4.78, 5) is 23.7. The third kappa shape index (κ3) is 4.71. The summed E-state index contributed by atoms with van der Waals surface area (Å²) in [6, 6.07) is 6.29. The number of carbonyl (C=O) groups is 2. The largest absolute Gasteiger partial charge is 0.508 e. The maximum absolute atomic E-state index is 13.3. The summed E-state index contributed by atoms with van der Waals surface area (Å²) in [6.07, 6.45) is -5.00. The van der Waals surface area contributed by atoms with Gasteiger partial charge in [0.25, 0.3) is 5.91 Å². The number of carbonyl (C=O) groups excluding carboxylic acids is 2. The molecule has 1 atom stereocenters. The average molecular weight is 370 g/mol. The Balaban J connectivity index is 2.20. The van der Waals surface area contributed by atoms with E-state index in [-0.39, 0.29) is 12.2 Å². The fraction of sp³-hybridized carbons (Fsp3) is 0.176. The van der Waals surface area contributed by atoms with Crippen molar-refractivity contribution in [2.75, 3.05) is 0 Å². The highest BCUT2D eigenvalue weighted by molar-refractivity contribution is 5.97. The lowest BCUT2D eigenvalue weighted by molar-refractivity contribution is -0.140. The second kappa shape index (κ2) is 7.42. The molecule has 0 aliphatic rings. The molecule has 0 aromatic heterocycles. The summed E-state index contributed by atoms with van der Waals surface area (Å²) in [5, 5.41) is 11.5. The maximum atomic E-state index is 13.3. The van der Waals surface area contributed by atoms with Gasteiger partial charge < -0.3 is 16.2 Å². The molecule has 4 N–H and O–H groups in total. The fourth-order valence-electron chi connectivity index (χ4n) is 2.22. The van der Waals surface area contributed by atoms with E-state index in [1.54, 1.807) is 0 Å². The van der Waals surface area contributed by atoms with Crippen molar-refractivity contribution in [1.29, 1.82) is 0 Å². The number of benzene rings is 2. The molecule has 5 nitrogen and oxygen atoms in total. The van der Waals surface area contributed by atoms with Gasteiger partial charge in [-0.3, -0.25) is 9.59 Å². The molecule has 0 fully saturated rings. The highest BCUT2D eigenvalue weighted by Crippen LogP contribution is 2.31. The number of alkyl halides is 3. The molecule has 2 rings (SSSR count). The van der Waals surface area contributed by atoms with Crippen molar-refractivity contribution in [3.63, 3.8) is 0 Å². The summed E-state index contributed by atoms with van der Waals surface area (Å²) in [5.41, 5.74) is 3.73. The van der Waals surface area contributed by atoms with Crippen LogP contribution in [-0.4, -0.2) is 23.0 Å². The first kappa shape index (κ1) is 19.2. The van der Waals surface area contributed by atoms with Crippen LogP contribution in [0, 0.1) is 5.82 Å². The number of nitrogens with two attached hydrogens (primary N) is 1. The number of rotatable bonds is 5. The number of amides is 2. The number of aromatic hydroxyl groups is 1. The van der Waals surface area contributed by atoms with Crippen LogP contribution in [0.3, 0.4) is 0 Å². The van der Waals surface area contributed by atoms with Crippen molar-refractivity contribution in [3.05, 3.63) is 65.0 Å². The van der Waals surface area contributed by atoms with Gasteiger partial charge in [0.2, 0.25) is 5.91 Å². The van der Waals surface area contributed by atoms with E-state index < -0.39 is 41.0 Å². The average Bonchev–Trinajstić information content (AvgIpc) is 2.55. The molecule has 0 aliphatic heterocycles. The van der Waals surface area contributed by atoms with E-state index in [1.165, 1.54) is 24.3 Å². The highest BCUT2D eigenvalue weighted by atomic mass is 19.4. The van der Waals surface area contributed by atoms with Gasteiger partial charge in [0.15, 0.2) is 0 Å². The van der Waals surface area contributed by atoms with Crippen molar-refractivity contribution in [2.24, 2.45) is 5.73 Å². The Kier molecular flexibility index (Phi) is 5.49. The molecule has 0 aliphatic carbocycles. The Morgan fingerprint density at radius 1 is 1.12 bits per heavy atom. The molecule has 0 saturated heterocycles. The molecular formula is C17H14F4N2O3. The molecule has 0 heterocycles. The van der Waals surface area contributed by atoms with E-state index >= 15 is 0 Å². The minimum absolute atomic E-state index is 0.000553. The summed E-state index contributed by atoms with van der Waals surface area (Å²) in [6.45, 7) is 0. The third-order valence-corrected chi connectivity index (χ3v) is 3.56. The van der Waals surface area contributed by atoms with Gasteiger partial charge in [0.05, 0.1) is 5.56 Å². The number of hydrogen-bond donors (Lipinski definition) is 3. The number of phenols is 1. The van der Waals surface area contributed by atoms with E-state index in [4.69, 9.17) is 5.73 Å². The first-order valence-electron chi connectivity index (χ1n) is 7.33. The summed E-state index contributed by atoms with van der Waals surface area (Å²) in [5.74, 6) is -3.41. The minimum atomic E-state index is -4.96. The van der Waals surface area contributed by atoms with Crippen LogP contribution >= 0.6 is 0 Å². The first-order valence-corrected chi connectivity index (χ1v) is 7.33. The topological polar surface area (TPSA) is 92.4 Å². The summed E-state index contributed by atoms with van der Waals surface area (Å²) < 4.78 is 51.5. The van der Waals surface area contributed by atoms with Gasteiger partial charge in [-0.1, -0.05) is 12.1 Å². The van der Waals surface area contributed by atoms with Crippen LogP contribution in [0.25, 0.3) is 0 Å². The van der Waals surface area contributed by atoms with Crippen LogP contribution in [-0.2, 0) is 17.4 Å². The maximum Gasteiger partial charge on any atom is 0.419 e. The van der Waals surface area contributed by atoms with Gasteiger partial charge in [-0.05, 0) is 35.9 Å². The van der Waals surface area contributed by atoms with Crippen LogP contribution in [0.5, 0.6) is 5.75 Å². The normalized spacial score (nSPS) is 12.5. The Hall–Kier alpha value is -3.10. The fourth-order valence-corrected chi connectivity index (χ4v) is 2.22. The van der Waals surface area contributed by atoms with Crippen LogP contribution in [0.2, 0.25) is 0 Å². The molecule has 0 spiro atoms. The Morgan fingerprint density at radius 2 is 1.73 bits per heavy atom. The lowest BCUT2D eigenvalue weighted by Gasteiger charge is -2.16. The first-order chi connectivity index (χ1) is 12.1. The van der Waals surface area contributed by atoms with Gasteiger partial charge in [-0.25, -0.2) is 4.39 Å². The predicted octanol–water partition coefficient (Wildman–Crippen LogP) is 2.38. The van der Waals surface area contributed by atoms with Crippen molar-refractivity contribution in [1.82, 2.24) is 5.32 Å². The number of hydrogen-bond acceptors (Lipinski definition) is 3. The highest BCUT2D eigenvalue weighted by Gasteiger charge is 2.35. The van der Waals surface area contributed by atoms with E-state index in [0.29, 0.717) is 17.7 Å². The zero-order valence-corrected chi connectivity index (χ0v) is 13.2. The van der Waals surface area contributed by atoms with E-state index in [2.05, 4.69) is 5.32 Å². The molecule has 2 aromatic carbocycles. The monoisotopic (exact) mass is 370 g/mol. The Bertz CT molecular complexity index is 820. The molecule has 9 heteroatoms. The van der Waals surface area contributed by atoms with Crippen LogP contribution in [0.4, 0.5) is 17.6 Å². The second-order valence-corrected chi connectivity index (χ2v) is 5.49. The van der Waals surface area contributed by atoms with Crippen LogP contribution in [0.15, 0.2) is 42.5 Å². The Labute approximate surface area is 145 Å². The summed E-state index contributed by atoms with van der Waals surface area (Å²) >= 11 is 0. The van der Waals surface area contributed by atoms with Crippen molar-refractivity contribution in [3.8, 4) is 5.75 Å². The SMILES string of the molecule is NC(=O)[C@@H](Cc1ccc(O)cc1)NC(=O)c1ccc(F)c(C(F)(F)F)c1. The van der Waals surface area contributed by atoms with E-state index in [0.717, 1.165) is 6.07 Å². The lowest BCUT2D eigenvalue weighted by Crippen LogP contribution is -2.45. The quantitative estimate of drug-likeness (QED) is 0.706. The standard InChI is InChI=1S/C17H14F4N2O3/c18-13-6-3-10(8-12(13)17(19,20)21)16(26)23-14(15(22)25)7-9-1-4-11(24)5-2-9/h1-6,8,14,24H,7H2,(H2,22,25)(H,23,26)/t14-/m1/s1. The number of phenolic OH excluding ortho intramolecular Hbond substituents is 1. The van der Waals surface area contributed by atoms with Gasteiger partial charge in [-0.15, -0.1) is 0 Å². The van der Waals surface area contributed by atoms with Crippen LogP contribution in [0.1, 0.15) is 21.5 Å². The third-order valence-electron chi connectivity index (χ3n) is 3.56. The number of nitrogens with one attached hydrogen (secondary N) is 1. The van der Waals surface area contributed by atoms with Gasteiger partial charge >= 0.3 is 6.18 Å². The molecule has 2 aromatic rings. The molecular weight excluding hydrogens is 356 g/mol. The molecule has 0 saturated carbocycles. The number of primary amides is 1. The lowest BCUT2D eigenvalue weighted by atomic mass is 10.0. The molecule has 138 valence electrons. The zero-order chi connectivity index (χ0) is 19.5. The van der Waals surface area contributed by atoms with E-state index in [9.17, 15) is 32.3 Å². The molecule has 2 amide bonds. The Morgan fingerprint density at radius 3 is 2.27 bits per heavy atom. The minimum Gasteiger partial charge on any atom is -0.508 e. The molecule has 26 heavy (non-hydrogen) atoms. The van der Waals surface area contributed by atoms with E-state index in [1.807, 2.05) is 0 Å².